The van der Waals surface area contributed by atoms with Gasteiger partial charge in [0.1, 0.15) is 0 Å². The van der Waals surface area contributed by atoms with Gasteiger partial charge in [0.05, 0.1) is 25.4 Å². The van der Waals surface area contributed by atoms with E-state index in [4.69, 9.17) is 14.6 Å². The first kappa shape index (κ1) is 15.3. The fourth-order valence-electron chi connectivity index (χ4n) is 3.83. The summed E-state index contributed by atoms with van der Waals surface area (Å²) in [5.41, 5.74) is 0. The van der Waals surface area contributed by atoms with Crippen LogP contribution in [0.25, 0.3) is 0 Å². The molecule has 2 aliphatic carbocycles. The minimum Gasteiger partial charge on any atom is -0.394 e. The third kappa shape index (κ3) is 5.05. The Hall–Kier alpha value is -0.120. The van der Waals surface area contributed by atoms with Gasteiger partial charge in [0.2, 0.25) is 0 Å². The van der Waals surface area contributed by atoms with Crippen LogP contribution in [0.4, 0.5) is 0 Å². The summed E-state index contributed by atoms with van der Waals surface area (Å²) in [5, 5.41) is 8.77. The van der Waals surface area contributed by atoms with Crippen LogP contribution in [-0.4, -0.2) is 37.6 Å². The molecule has 0 saturated heterocycles. The number of rotatable bonds is 6. The van der Waals surface area contributed by atoms with Crippen LogP contribution in [0.15, 0.2) is 0 Å². The zero-order valence-electron chi connectivity index (χ0n) is 12.4. The summed E-state index contributed by atoms with van der Waals surface area (Å²) in [6, 6.07) is 0. The minimum atomic E-state index is 0.155. The Morgan fingerprint density at radius 3 is 1.84 bits per heavy atom. The molecule has 0 spiro atoms. The predicted molar refractivity (Wildman–Crippen MR) is 76.2 cm³/mol. The van der Waals surface area contributed by atoms with Crippen LogP contribution in [0.1, 0.15) is 57.8 Å². The topological polar surface area (TPSA) is 38.7 Å². The molecule has 0 aromatic carbocycles. The first-order chi connectivity index (χ1) is 9.31. The Bertz CT molecular complexity index is 228. The lowest BCUT2D eigenvalue weighted by Gasteiger charge is -2.33. The molecule has 2 saturated carbocycles. The first-order valence-electron chi connectivity index (χ1n) is 8.07. The highest BCUT2D eigenvalue weighted by Gasteiger charge is 2.27. The van der Waals surface area contributed by atoms with E-state index >= 15 is 0 Å². The van der Waals surface area contributed by atoms with Gasteiger partial charge in [-0.3, -0.25) is 0 Å². The highest BCUT2D eigenvalue weighted by molar-refractivity contribution is 4.79. The second-order valence-electron chi connectivity index (χ2n) is 6.35. The molecule has 0 radical (unpaired) electrons. The van der Waals surface area contributed by atoms with Gasteiger partial charge in [-0.05, 0) is 69.6 Å². The fourth-order valence-corrected chi connectivity index (χ4v) is 3.83. The summed E-state index contributed by atoms with van der Waals surface area (Å²) in [6.45, 7) is 0.666. The molecule has 0 aromatic heterocycles. The summed E-state index contributed by atoms with van der Waals surface area (Å²) in [6.07, 6.45) is 12.6. The Labute approximate surface area is 117 Å². The largest absolute Gasteiger partial charge is 0.394 e. The standard InChI is InChI=1S/C16H30O3/c1-18-15-6-2-13(3-7-15)12-14-4-8-16(9-5-14)19-11-10-17/h13-17H,2-12H2,1H3. The summed E-state index contributed by atoms with van der Waals surface area (Å²) in [7, 11) is 1.85. The first-order valence-corrected chi connectivity index (χ1v) is 8.07. The molecule has 2 aliphatic rings. The van der Waals surface area contributed by atoms with Crippen molar-refractivity contribution in [3.05, 3.63) is 0 Å². The molecule has 0 amide bonds. The fraction of sp³-hybridized carbons (Fsp3) is 1.00. The third-order valence-corrected chi connectivity index (χ3v) is 5.03. The Kier molecular flexibility index (Phi) is 6.62. The van der Waals surface area contributed by atoms with Crippen LogP contribution in [0.2, 0.25) is 0 Å². The van der Waals surface area contributed by atoms with E-state index in [9.17, 15) is 0 Å². The SMILES string of the molecule is COC1CCC(CC2CCC(OCCO)CC2)CC1. The lowest BCUT2D eigenvalue weighted by Crippen LogP contribution is -2.26. The smallest absolute Gasteiger partial charge is 0.0701 e. The summed E-state index contributed by atoms with van der Waals surface area (Å²) in [4.78, 5) is 0. The van der Waals surface area contributed by atoms with Crippen LogP contribution >= 0.6 is 0 Å². The average molecular weight is 270 g/mol. The van der Waals surface area contributed by atoms with Gasteiger partial charge < -0.3 is 14.6 Å². The maximum Gasteiger partial charge on any atom is 0.0701 e. The normalized spacial score (nSPS) is 36.3. The Morgan fingerprint density at radius 2 is 1.37 bits per heavy atom. The molecule has 3 heteroatoms. The number of hydrogen-bond acceptors (Lipinski definition) is 3. The second-order valence-corrected chi connectivity index (χ2v) is 6.35. The molecule has 1 N–H and O–H groups in total. The van der Waals surface area contributed by atoms with Gasteiger partial charge in [-0.1, -0.05) is 0 Å². The predicted octanol–water partition coefficient (Wildman–Crippen LogP) is 3.15. The van der Waals surface area contributed by atoms with E-state index in [2.05, 4.69) is 0 Å². The van der Waals surface area contributed by atoms with E-state index in [-0.39, 0.29) is 6.61 Å². The molecule has 0 unspecified atom stereocenters. The van der Waals surface area contributed by atoms with Crippen molar-refractivity contribution in [1.29, 1.82) is 0 Å². The van der Waals surface area contributed by atoms with E-state index in [1.165, 1.54) is 57.8 Å². The van der Waals surface area contributed by atoms with Crippen LogP contribution in [0.5, 0.6) is 0 Å². The van der Waals surface area contributed by atoms with Gasteiger partial charge in [0.25, 0.3) is 0 Å². The van der Waals surface area contributed by atoms with E-state index in [0.717, 1.165) is 11.8 Å². The molecule has 3 nitrogen and oxygen atoms in total. The molecule has 0 heterocycles. The van der Waals surface area contributed by atoms with Crippen molar-refractivity contribution in [2.45, 2.75) is 70.0 Å². The highest BCUT2D eigenvalue weighted by Crippen LogP contribution is 2.36. The lowest BCUT2D eigenvalue weighted by atomic mass is 9.76. The molecule has 0 aliphatic heterocycles. The van der Waals surface area contributed by atoms with Crippen LogP contribution in [-0.2, 0) is 9.47 Å². The zero-order chi connectivity index (χ0) is 13.5. The summed E-state index contributed by atoms with van der Waals surface area (Å²) in [5.74, 6) is 1.85. The van der Waals surface area contributed by atoms with Gasteiger partial charge in [0.15, 0.2) is 0 Å². The monoisotopic (exact) mass is 270 g/mol. The Morgan fingerprint density at radius 1 is 0.842 bits per heavy atom. The molecule has 2 rings (SSSR count). The van der Waals surface area contributed by atoms with Crippen molar-refractivity contribution < 1.29 is 14.6 Å². The molecule has 112 valence electrons. The Balaban J connectivity index is 1.60. The number of hydrogen-bond donors (Lipinski definition) is 1. The molecule has 0 bridgehead atoms. The van der Waals surface area contributed by atoms with Crippen LogP contribution < -0.4 is 0 Å². The summed E-state index contributed by atoms with van der Waals surface area (Å²) < 4.78 is 11.1. The quantitative estimate of drug-likeness (QED) is 0.806. The van der Waals surface area contributed by atoms with Crippen LogP contribution in [0, 0.1) is 11.8 Å². The highest BCUT2D eigenvalue weighted by atomic mass is 16.5. The average Bonchev–Trinajstić information content (AvgIpc) is 2.47. The number of ether oxygens (including phenoxy) is 2. The molecular weight excluding hydrogens is 240 g/mol. The maximum atomic E-state index is 8.77. The molecule has 2 fully saturated rings. The van der Waals surface area contributed by atoms with E-state index in [1.54, 1.807) is 0 Å². The van der Waals surface area contributed by atoms with E-state index < -0.39 is 0 Å². The molecule has 0 atom stereocenters. The second kappa shape index (κ2) is 8.23. The zero-order valence-corrected chi connectivity index (χ0v) is 12.4. The van der Waals surface area contributed by atoms with Gasteiger partial charge in [-0.2, -0.15) is 0 Å². The van der Waals surface area contributed by atoms with Crippen molar-refractivity contribution in [2.75, 3.05) is 20.3 Å². The van der Waals surface area contributed by atoms with Crippen molar-refractivity contribution in [2.24, 2.45) is 11.8 Å². The number of aliphatic hydroxyl groups is 1. The third-order valence-electron chi connectivity index (χ3n) is 5.03. The molecular formula is C16H30O3. The minimum absolute atomic E-state index is 0.155. The van der Waals surface area contributed by atoms with Crippen molar-refractivity contribution in [3.8, 4) is 0 Å². The van der Waals surface area contributed by atoms with Gasteiger partial charge in [-0.15, -0.1) is 0 Å². The maximum absolute atomic E-state index is 8.77. The van der Waals surface area contributed by atoms with E-state index in [1.807, 2.05) is 7.11 Å². The number of methoxy groups -OCH3 is 1. The lowest BCUT2D eigenvalue weighted by molar-refractivity contribution is -0.00350. The molecule has 0 aromatic rings. The van der Waals surface area contributed by atoms with Crippen molar-refractivity contribution in [1.82, 2.24) is 0 Å². The van der Waals surface area contributed by atoms with Gasteiger partial charge in [-0.25, -0.2) is 0 Å². The van der Waals surface area contributed by atoms with Crippen molar-refractivity contribution in [3.63, 3.8) is 0 Å². The van der Waals surface area contributed by atoms with Crippen molar-refractivity contribution >= 4 is 0 Å². The summed E-state index contributed by atoms with van der Waals surface area (Å²) >= 11 is 0. The number of aliphatic hydroxyl groups excluding tert-OH is 1. The van der Waals surface area contributed by atoms with Gasteiger partial charge >= 0.3 is 0 Å². The van der Waals surface area contributed by atoms with Crippen LogP contribution in [0.3, 0.4) is 0 Å². The van der Waals surface area contributed by atoms with E-state index in [0.29, 0.717) is 18.8 Å². The molecule has 19 heavy (non-hydrogen) atoms. The van der Waals surface area contributed by atoms with Gasteiger partial charge in [0, 0.05) is 7.11 Å².